The highest BCUT2D eigenvalue weighted by molar-refractivity contribution is 7.13. The standard InChI is InChI=1S/C19H12N4O2S/c24-18-17(12-6-2-3-7-13(12)20-18)22-23-19-21-14(10-26-19)16-9-11-5-1-4-8-15(11)25-16/h1-10,20,24H. The molecule has 0 unspecified atom stereocenters. The van der Waals surface area contributed by atoms with Gasteiger partial charge in [-0.2, -0.15) is 0 Å². The number of hydrogen-bond acceptors (Lipinski definition) is 6. The van der Waals surface area contributed by atoms with E-state index in [-0.39, 0.29) is 5.88 Å². The van der Waals surface area contributed by atoms with Gasteiger partial charge in [-0.05, 0) is 18.2 Å². The minimum atomic E-state index is -0.0102. The Labute approximate surface area is 151 Å². The van der Waals surface area contributed by atoms with Crippen molar-refractivity contribution >= 4 is 44.0 Å². The second-order valence-electron chi connectivity index (χ2n) is 5.73. The molecule has 2 aromatic carbocycles. The van der Waals surface area contributed by atoms with E-state index in [0.29, 0.717) is 22.3 Å². The number of aromatic hydroxyl groups is 1. The van der Waals surface area contributed by atoms with Crippen LogP contribution in [-0.4, -0.2) is 15.1 Å². The highest BCUT2D eigenvalue weighted by Crippen LogP contribution is 2.37. The molecule has 3 aromatic heterocycles. The summed E-state index contributed by atoms with van der Waals surface area (Å²) in [7, 11) is 0. The molecule has 26 heavy (non-hydrogen) atoms. The number of benzene rings is 2. The molecule has 0 bridgehead atoms. The summed E-state index contributed by atoms with van der Waals surface area (Å²) < 4.78 is 5.82. The Morgan fingerprint density at radius 2 is 1.88 bits per heavy atom. The van der Waals surface area contributed by atoms with Crippen molar-refractivity contribution in [3.63, 3.8) is 0 Å². The molecule has 0 spiro atoms. The number of hydrogen-bond donors (Lipinski definition) is 2. The van der Waals surface area contributed by atoms with E-state index in [1.807, 2.05) is 60.0 Å². The maximum atomic E-state index is 10.0. The molecule has 7 heteroatoms. The lowest BCUT2D eigenvalue weighted by Gasteiger charge is -1.90. The molecule has 5 rings (SSSR count). The fourth-order valence-corrected chi connectivity index (χ4v) is 3.46. The number of fused-ring (bicyclic) bond motifs is 2. The zero-order valence-corrected chi connectivity index (χ0v) is 14.2. The average molecular weight is 360 g/mol. The van der Waals surface area contributed by atoms with Crippen molar-refractivity contribution in [2.45, 2.75) is 0 Å². The fraction of sp³-hybridized carbons (Fsp3) is 0. The third-order valence-corrected chi connectivity index (χ3v) is 4.79. The first-order valence-electron chi connectivity index (χ1n) is 7.94. The van der Waals surface area contributed by atoms with E-state index in [0.717, 1.165) is 21.9 Å². The van der Waals surface area contributed by atoms with Crippen molar-refractivity contribution in [1.29, 1.82) is 0 Å². The molecular weight excluding hydrogens is 348 g/mol. The number of rotatable bonds is 3. The van der Waals surface area contributed by atoms with E-state index < -0.39 is 0 Å². The Kier molecular flexibility index (Phi) is 3.32. The van der Waals surface area contributed by atoms with Gasteiger partial charge in [-0.25, -0.2) is 4.98 Å². The van der Waals surface area contributed by atoms with Gasteiger partial charge in [-0.1, -0.05) is 36.4 Å². The van der Waals surface area contributed by atoms with Crippen LogP contribution in [0, 0.1) is 0 Å². The van der Waals surface area contributed by atoms with Crippen molar-refractivity contribution in [2.24, 2.45) is 10.2 Å². The zero-order chi connectivity index (χ0) is 17.5. The number of azo groups is 1. The molecule has 0 aliphatic heterocycles. The summed E-state index contributed by atoms with van der Waals surface area (Å²) in [5.41, 5.74) is 2.74. The monoisotopic (exact) mass is 360 g/mol. The molecule has 126 valence electrons. The summed E-state index contributed by atoms with van der Waals surface area (Å²) in [5.74, 6) is 0.683. The van der Waals surface area contributed by atoms with Crippen molar-refractivity contribution in [1.82, 2.24) is 9.97 Å². The van der Waals surface area contributed by atoms with Gasteiger partial charge in [-0.15, -0.1) is 21.6 Å². The summed E-state index contributed by atoms with van der Waals surface area (Å²) in [6, 6.07) is 17.3. The lowest BCUT2D eigenvalue weighted by Crippen LogP contribution is -1.70. The number of nitrogens with zero attached hydrogens (tertiary/aromatic N) is 3. The first kappa shape index (κ1) is 14.9. The molecule has 0 radical (unpaired) electrons. The number of para-hydroxylation sites is 2. The van der Waals surface area contributed by atoms with Crippen LogP contribution in [0.25, 0.3) is 33.3 Å². The van der Waals surface area contributed by atoms with Crippen LogP contribution in [0.4, 0.5) is 10.8 Å². The van der Waals surface area contributed by atoms with Gasteiger partial charge < -0.3 is 14.5 Å². The molecule has 0 aliphatic rings. The third-order valence-electron chi connectivity index (χ3n) is 4.07. The normalized spacial score (nSPS) is 11.8. The highest BCUT2D eigenvalue weighted by Gasteiger charge is 2.12. The summed E-state index contributed by atoms with van der Waals surface area (Å²) in [5, 5.41) is 22.6. The van der Waals surface area contributed by atoms with E-state index in [1.165, 1.54) is 11.3 Å². The van der Waals surface area contributed by atoms with E-state index in [1.54, 1.807) is 0 Å². The van der Waals surface area contributed by atoms with E-state index in [2.05, 4.69) is 20.2 Å². The molecule has 0 saturated carbocycles. The van der Waals surface area contributed by atoms with E-state index in [4.69, 9.17) is 4.42 Å². The maximum absolute atomic E-state index is 10.0. The van der Waals surface area contributed by atoms with Gasteiger partial charge in [0.1, 0.15) is 11.3 Å². The molecular formula is C19H12N4O2S. The topological polar surface area (TPSA) is 86.8 Å². The molecule has 0 atom stereocenters. The van der Waals surface area contributed by atoms with Crippen LogP contribution in [0.3, 0.4) is 0 Å². The van der Waals surface area contributed by atoms with Crippen molar-refractivity contribution < 1.29 is 9.52 Å². The predicted molar refractivity (Wildman–Crippen MR) is 101 cm³/mol. The SMILES string of the molecule is Oc1[nH]c2ccccc2c1N=Nc1nc(-c2cc3ccccc3o2)cs1. The fourth-order valence-electron chi connectivity index (χ4n) is 2.84. The third kappa shape index (κ3) is 2.46. The Balaban J connectivity index is 1.48. The Morgan fingerprint density at radius 1 is 1.04 bits per heavy atom. The van der Waals surface area contributed by atoms with Crippen LogP contribution in [-0.2, 0) is 0 Å². The highest BCUT2D eigenvalue weighted by atomic mass is 32.1. The smallest absolute Gasteiger partial charge is 0.230 e. The molecule has 0 aliphatic carbocycles. The summed E-state index contributed by atoms with van der Waals surface area (Å²) >= 11 is 1.36. The summed E-state index contributed by atoms with van der Waals surface area (Å²) in [6.45, 7) is 0. The number of aromatic nitrogens is 2. The summed E-state index contributed by atoms with van der Waals surface area (Å²) in [4.78, 5) is 7.34. The van der Waals surface area contributed by atoms with Gasteiger partial charge in [0.2, 0.25) is 11.0 Å². The van der Waals surface area contributed by atoms with Crippen LogP contribution in [0.2, 0.25) is 0 Å². The van der Waals surface area contributed by atoms with Crippen LogP contribution in [0.15, 0.2) is 74.6 Å². The van der Waals surface area contributed by atoms with Crippen LogP contribution in [0.5, 0.6) is 5.88 Å². The van der Waals surface area contributed by atoms with Crippen molar-refractivity contribution in [3.8, 4) is 17.3 Å². The quantitative estimate of drug-likeness (QED) is 0.378. The molecule has 0 saturated heterocycles. The van der Waals surface area contributed by atoms with Gasteiger partial charge in [0.25, 0.3) is 0 Å². The van der Waals surface area contributed by atoms with Crippen molar-refractivity contribution in [2.75, 3.05) is 0 Å². The second kappa shape index (κ2) is 5.82. The van der Waals surface area contributed by atoms with Crippen LogP contribution >= 0.6 is 11.3 Å². The average Bonchev–Trinajstić information content (AvgIpc) is 3.36. The lowest BCUT2D eigenvalue weighted by atomic mass is 10.2. The van der Waals surface area contributed by atoms with Gasteiger partial charge >= 0.3 is 0 Å². The minimum absolute atomic E-state index is 0.0102. The number of aromatic amines is 1. The zero-order valence-electron chi connectivity index (χ0n) is 13.4. The Morgan fingerprint density at radius 3 is 2.81 bits per heavy atom. The number of thiazole rings is 1. The Hall–Kier alpha value is -3.45. The number of nitrogens with one attached hydrogen (secondary N) is 1. The Bertz CT molecular complexity index is 1230. The molecule has 2 N–H and O–H groups in total. The molecule has 6 nitrogen and oxygen atoms in total. The second-order valence-corrected chi connectivity index (χ2v) is 6.57. The van der Waals surface area contributed by atoms with Gasteiger partial charge in [0.15, 0.2) is 11.4 Å². The van der Waals surface area contributed by atoms with Gasteiger partial charge in [-0.3, -0.25) is 0 Å². The molecule has 3 heterocycles. The molecule has 0 fully saturated rings. The van der Waals surface area contributed by atoms with E-state index in [9.17, 15) is 5.11 Å². The lowest BCUT2D eigenvalue weighted by molar-refractivity contribution is 0.459. The predicted octanol–water partition coefficient (Wildman–Crippen LogP) is 6.16. The molecule has 5 aromatic rings. The summed E-state index contributed by atoms with van der Waals surface area (Å²) in [6.07, 6.45) is 0. The molecule has 0 amide bonds. The van der Waals surface area contributed by atoms with E-state index >= 15 is 0 Å². The first-order chi connectivity index (χ1) is 12.8. The first-order valence-corrected chi connectivity index (χ1v) is 8.82. The van der Waals surface area contributed by atoms with Crippen LogP contribution < -0.4 is 0 Å². The largest absolute Gasteiger partial charge is 0.493 e. The van der Waals surface area contributed by atoms with Gasteiger partial charge in [0.05, 0.1) is 5.52 Å². The number of H-pyrrole nitrogens is 1. The number of furan rings is 1. The maximum Gasteiger partial charge on any atom is 0.230 e. The van der Waals surface area contributed by atoms with Gasteiger partial charge in [0, 0.05) is 16.2 Å². The van der Waals surface area contributed by atoms with Crippen molar-refractivity contribution in [3.05, 3.63) is 60.0 Å². The van der Waals surface area contributed by atoms with Crippen LogP contribution in [0.1, 0.15) is 0 Å². The minimum Gasteiger partial charge on any atom is -0.493 e.